The molecule has 0 amide bonds. The predicted molar refractivity (Wildman–Crippen MR) is 115 cm³/mol. The van der Waals surface area contributed by atoms with Crippen molar-refractivity contribution in [3.63, 3.8) is 0 Å². The fraction of sp³-hybridized carbons (Fsp3) is 0.368. The number of nitrogens with two attached hydrogens (primary N) is 1. The highest BCUT2D eigenvalue weighted by Crippen LogP contribution is 2.46. The lowest BCUT2D eigenvalue weighted by atomic mass is 9.78. The summed E-state index contributed by atoms with van der Waals surface area (Å²) in [6.45, 7) is 1.57. The van der Waals surface area contributed by atoms with E-state index in [0.717, 1.165) is 22.4 Å². The van der Waals surface area contributed by atoms with Crippen molar-refractivity contribution < 1.29 is 13.2 Å². The maximum Gasteiger partial charge on any atom is 0.221 e. The second-order valence-electron chi connectivity index (χ2n) is 7.04. The van der Waals surface area contributed by atoms with Crippen LogP contribution in [0.4, 0.5) is 5.95 Å². The van der Waals surface area contributed by atoms with Gasteiger partial charge < -0.3 is 10.5 Å². The van der Waals surface area contributed by atoms with Crippen molar-refractivity contribution in [2.45, 2.75) is 24.0 Å². The van der Waals surface area contributed by atoms with Crippen LogP contribution < -0.4 is 10.5 Å². The van der Waals surface area contributed by atoms with Crippen molar-refractivity contribution in [2.75, 3.05) is 30.9 Å². The van der Waals surface area contributed by atoms with Crippen LogP contribution >= 0.6 is 23.4 Å². The van der Waals surface area contributed by atoms with Gasteiger partial charge in [-0.3, -0.25) is 0 Å². The smallest absolute Gasteiger partial charge is 0.221 e. The molecule has 2 aliphatic rings. The maximum atomic E-state index is 11.2. The molecule has 1 aromatic carbocycles. The van der Waals surface area contributed by atoms with Crippen molar-refractivity contribution >= 4 is 44.9 Å². The van der Waals surface area contributed by atoms with Gasteiger partial charge in [-0.2, -0.15) is 0 Å². The SMILES string of the molecule is CS(=O)(=O)NCCSc1cc(C2=C(Cl)CC3COCc4cccc2c43)nc(N)n1. The fourth-order valence-electron chi connectivity index (χ4n) is 3.76. The second-order valence-corrected chi connectivity index (χ2v) is 10.4. The number of hydrogen-bond acceptors (Lipinski definition) is 7. The number of thioether (sulfide) groups is 1. The van der Waals surface area contributed by atoms with E-state index in [1.807, 2.05) is 12.1 Å². The van der Waals surface area contributed by atoms with Crippen LogP contribution in [0.1, 0.15) is 34.7 Å². The highest BCUT2D eigenvalue weighted by Gasteiger charge is 2.32. The zero-order chi connectivity index (χ0) is 20.6. The third-order valence-electron chi connectivity index (χ3n) is 4.84. The highest BCUT2D eigenvalue weighted by atomic mass is 35.5. The topological polar surface area (TPSA) is 107 Å². The first-order valence-corrected chi connectivity index (χ1v) is 12.4. The normalized spacial score (nSPS) is 18.6. The number of nitrogens with one attached hydrogen (secondary N) is 1. The molecular weight excluding hydrogens is 432 g/mol. The van der Waals surface area contributed by atoms with Gasteiger partial charge in [0.05, 0.1) is 25.2 Å². The second kappa shape index (κ2) is 8.23. The fourth-order valence-corrected chi connectivity index (χ4v) is 5.52. The summed E-state index contributed by atoms with van der Waals surface area (Å²) in [5, 5.41) is 1.41. The van der Waals surface area contributed by atoms with E-state index in [1.54, 1.807) is 0 Å². The van der Waals surface area contributed by atoms with Crippen LogP contribution in [-0.4, -0.2) is 43.5 Å². The maximum absolute atomic E-state index is 11.2. The van der Waals surface area contributed by atoms with Gasteiger partial charge in [0.2, 0.25) is 16.0 Å². The van der Waals surface area contributed by atoms with Gasteiger partial charge in [0.25, 0.3) is 0 Å². The number of halogens is 1. The first-order valence-electron chi connectivity index (χ1n) is 9.13. The van der Waals surface area contributed by atoms with Crippen molar-refractivity contribution in [2.24, 2.45) is 0 Å². The molecule has 0 radical (unpaired) electrons. The summed E-state index contributed by atoms with van der Waals surface area (Å²) < 4.78 is 30.6. The summed E-state index contributed by atoms with van der Waals surface area (Å²) in [5.41, 5.74) is 11.1. The van der Waals surface area contributed by atoms with Crippen LogP contribution in [0.3, 0.4) is 0 Å². The number of nitrogen functional groups attached to an aromatic ring is 1. The molecule has 154 valence electrons. The molecule has 1 aromatic heterocycles. The van der Waals surface area contributed by atoms with E-state index in [2.05, 4.69) is 26.8 Å². The third-order valence-corrected chi connectivity index (χ3v) is 6.82. The number of hydrogen-bond donors (Lipinski definition) is 2. The molecule has 1 unspecified atom stereocenters. The minimum absolute atomic E-state index is 0.160. The van der Waals surface area contributed by atoms with E-state index < -0.39 is 10.0 Å². The van der Waals surface area contributed by atoms with Gasteiger partial charge in [-0.25, -0.2) is 23.1 Å². The number of nitrogens with zero attached hydrogens (tertiary/aromatic N) is 2. The first kappa shape index (κ1) is 20.6. The van der Waals surface area contributed by atoms with Crippen LogP contribution in [0.25, 0.3) is 5.57 Å². The van der Waals surface area contributed by atoms with Crippen LogP contribution in [0.2, 0.25) is 0 Å². The highest BCUT2D eigenvalue weighted by molar-refractivity contribution is 7.99. The molecule has 3 N–H and O–H groups in total. The number of sulfonamides is 1. The van der Waals surface area contributed by atoms with Crippen LogP contribution in [0.15, 0.2) is 34.3 Å². The molecule has 7 nitrogen and oxygen atoms in total. The quantitative estimate of drug-likeness (QED) is 0.394. The van der Waals surface area contributed by atoms with Crippen molar-refractivity contribution in [3.8, 4) is 0 Å². The molecule has 0 saturated carbocycles. The van der Waals surface area contributed by atoms with Crippen molar-refractivity contribution in [1.29, 1.82) is 0 Å². The Labute approximate surface area is 179 Å². The average molecular weight is 453 g/mol. The zero-order valence-corrected chi connectivity index (χ0v) is 18.2. The van der Waals surface area contributed by atoms with E-state index in [1.165, 1.54) is 22.9 Å². The van der Waals surface area contributed by atoms with Gasteiger partial charge >= 0.3 is 0 Å². The Bertz CT molecular complexity index is 1090. The lowest BCUT2D eigenvalue weighted by Crippen LogP contribution is -2.24. The Morgan fingerprint density at radius 3 is 3.00 bits per heavy atom. The van der Waals surface area contributed by atoms with E-state index in [0.29, 0.717) is 42.7 Å². The van der Waals surface area contributed by atoms with Gasteiger partial charge in [0.15, 0.2) is 0 Å². The molecule has 1 atom stereocenters. The zero-order valence-electron chi connectivity index (χ0n) is 15.8. The lowest BCUT2D eigenvalue weighted by molar-refractivity contribution is 0.0908. The molecule has 1 aliphatic carbocycles. The van der Waals surface area contributed by atoms with Crippen LogP contribution in [0, 0.1) is 0 Å². The van der Waals surface area contributed by atoms with Gasteiger partial charge in [-0.05, 0) is 29.2 Å². The van der Waals surface area contributed by atoms with Gasteiger partial charge in [0, 0.05) is 28.8 Å². The Morgan fingerprint density at radius 1 is 1.38 bits per heavy atom. The van der Waals surface area contributed by atoms with Gasteiger partial charge in [-0.15, -0.1) is 11.8 Å². The number of rotatable bonds is 6. The van der Waals surface area contributed by atoms with Crippen LogP contribution in [-0.2, 0) is 21.4 Å². The molecule has 4 rings (SSSR count). The Morgan fingerprint density at radius 2 is 2.21 bits per heavy atom. The number of aromatic nitrogens is 2. The summed E-state index contributed by atoms with van der Waals surface area (Å²) in [6.07, 6.45) is 1.83. The predicted octanol–water partition coefficient (Wildman–Crippen LogP) is 2.72. The Balaban J connectivity index is 1.65. The molecule has 1 aliphatic heterocycles. The summed E-state index contributed by atoms with van der Waals surface area (Å²) in [7, 11) is -3.22. The summed E-state index contributed by atoms with van der Waals surface area (Å²) in [5.74, 6) is 0.935. The monoisotopic (exact) mass is 452 g/mol. The number of anilines is 1. The van der Waals surface area contributed by atoms with E-state index >= 15 is 0 Å². The van der Waals surface area contributed by atoms with E-state index in [9.17, 15) is 8.42 Å². The lowest BCUT2D eigenvalue weighted by Gasteiger charge is -2.33. The molecule has 0 fully saturated rings. The molecule has 0 saturated heterocycles. The minimum Gasteiger partial charge on any atom is -0.376 e. The summed E-state index contributed by atoms with van der Waals surface area (Å²) >= 11 is 8.13. The average Bonchev–Trinajstić information content (AvgIpc) is 2.64. The van der Waals surface area contributed by atoms with Gasteiger partial charge in [-0.1, -0.05) is 29.8 Å². The Hall–Kier alpha value is -1.65. The number of ether oxygens (including phenoxy) is 1. The van der Waals surface area contributed by atoms with Crippen molar-refractivity contribution in [3.05, 3.63) is 51.7 Å². The molecule has 29 heavy (non-hydrogen) atoms. The standard InChI is InChI=1S/C19H21ClN4O3S2/c1-29(25,26)22-5-6-28-16-8-15(23-19(21)24-16)18-13-4-2-3-11-9-27-10-12(17(11)13)7-14(18)20/h2-4,8,12,22H,5-7,9-10H2,1H3,(H2,21,23,24). The van der Waals surface area contributed by atoms with Crippen molar-refractivity contribution in [1.82, 2.24) is 14.7 Å². The molecule has 10 heteroatoms. The van der Waals surface area contributed by atoms with E-state index in [-0.39, 0.29) is 11.9 Å². The van der Waals surface area contributed by atoms with E-state index in [4.69, 9.17) is 22.1 Å². The van der Waals surface area contributed by atoms with Gasteiger partial charge in [0.1, 0.15) is 5.03 Å². The Kier molecular flexibility index (Phi) is 5.85. The molecular formula is C19H21ClN4O3S2. The molecule has 2 heterocycles. The molecule has 0 spiro atoms. The summed E-state index contributed by atoms with van der Waals surface area (Å²) in [4.78, 5) is 8.71. The third kappa shape index (κ3) is 4.59. The number of allylic oxidation sites excluding steroid dienone is 1. The summed E-state index contributed by atoms with van der Waals surface area (Å²) in [6, 6.07) is 8.02. The molecule has 2 aromatic rings. The first-order chi connectivity index (χ1) is 13.8. The largest absolute Gasteiger partial charge is 0.376 e. The minimum atomic E-state index is -3.22. The molecule has 0 bridgehead atoms. The van der Waals surface area contributed by atoms with Crippen LogP contribution in [0.5, 0.6) is 0 Å². The number of benzene rings is 1.